The number of aryl methyl sites for hydroxylation is 2. The van der Waals surface area contributed by atoms with Crippen LogP contribution in [0.4, 0.5) is 5.69 Å². The van der Waals surface area contributed by atoms with E-state index in [9.17, 15) is 0 Å². The molecule has 0 aliphatic carbocycles. The lowest BCUT2D eigenvalue weighted by molar-refractivity contribution is 0.703. The van der Waals surface area contributed by atoms with Crippen molar-refractivity contribution in [3.05, 3.63) is 58.7 Å². The highest BCUT2D eigenvalue weighted by atomic mass is 32.1. The quantitative estimate of drug-likeness (QED) is 0.793. The number of aromatic nitrogens is 2. The van der Waals surface area contributed by atoms with E-state index < -0.39 is 0 Å². The van der Waals surface area contributed by atoms with Crippen LogP contribution in [0.25, 0.3) is 11.3 Å². The van der Waals surface area contributed by atoms with Gasteiger partial charge in [0.05, 0.1) is 18.2 Å². The second-order valence-corrected chi connectivity index (χ2v) is 6.15. The van der Waals surface area contributed by atoms with Crippen LogP contribution in [-0.2, 0) is 19.4 Å². The monoisotopic (exact) mass is 295 g/mol. The van der Waals surface area contributed by atoms with Gasteiger partial charge in [-0.05, 0) is 40.8 Å². The molecule has 0 fully saturated rings. The normalized spacial score (nSPS) is 13.1. The van der Waals surface area contributed by atoms with Gasteiger partial charge < -0.3 is 9.88 Å². The molecule has 2 aromatic heterocycles. The largest absolute Gasteiger partial charge is 0.384 e. The van der Waals surface area contributed by atoms with Crippen molar-refractivity contribution in [2.24, 2.45) is 0 Å². The number of anilines is 1. The number of nitrogens with one attached hydrogen (secondary N) is 1. The predicted octanol–water partition coefficient (Wildman–Crippen LogP) is 3.82. The zero-order valence-corrected chi connectivity index (χ0v) is 12.6. The SMILES string of the molecule is c1cc2c(c(-c3cncn3CCc3ccsc3)c1)NCC2. The Kier molecular flexibility index (Phi) is 3.24. The molecule has 0 unspecified atom stereocenters. The van der Waals surface area contributed by atoms with E-state index in [4.69, 9.17) is 0 Å². The number of nitrogens with zero attached hydrogens (tertiary/aromatic N) is 2. The van der Waals surface area contributed by atoms with Crippen molar-refractivity contribution in [2.45, 2.75) is 19.4 Å². The third-order valence-electron chi connectivity index (χ3n) is 4.06. The molecule has 0 saturated heterocycles. The Hall–Kier alpha value is -2.07. The molecule has 0 bridgehead atoms. The van der Waals surface area contributed by atoms with Crippen LogP contribution >= 0.6 is 11.3 Å². The van der Waals surface area contributed by atoms with Gasteiger partial charge in [0, 0.05) is 24.3 Å². The first kappa shape index (κ1) is 12.7. The topological polar surface area (TPSA) is 29.9 Å². The average Bonchev–Trinajstić information content (AvgIpc) is 3.25. The molecule has 0 atom stereocenters. The lowest BCUT2D eigenvalue weighted by atomic mass is 10.1. The molecule has 106 valence electrons. The van der Waals surface area contributed by atoms with Crippen molar-refractivity contribution in [3.63, 3.8) is 0 Å². The Balaban J connectivity index is 1.65. The second-order valence-electron chi connectivity index (χ2n) is 5.37. The van der Waals surface area contributed by atoms with Gasteiger partial charge in [0.25, 0.3) is 0 Å². The van der Waals surface area contributed by atoms with Crippen LogP contribution in [0.5, 0.6) is 0 Å². The maximum atomic E-state index is 4.36. The molecule has 1 aromatic carbocycles. The molecule has 3 heterocycles. The Morgan fingerprint density at radius 2 is 2.29 bits per heavy atom. The molecule has 4 heteroatoms. The predicted molar refractivity (Wildman–Crippen MR) is 87.9 cm³/mol. The van der Waals surface area contributed by atoms with Crippen LogP contribution in [0, 0.1) is 0 Å². The van der Waals surface area contributed by atoms with Crippen molar-refractivity contribution in [1.82, 2.24) is 9.55 Å². The molecule has 1 N–H and O–H groups in total. The molecule has 0 radical (unpaired) electrons. The van der Waals surface area contributed by atoms with Gasteiger partial charge in [-0.3, -0.25) is 0 Å². The molecule has 0 saturated carbocycles. The molecular weight excluding hydrogens is 278 g/mol. The van der Waals surface area contributed by atoms with Gasteiger partial charge in [-0.15, -0.1) is 0 Å². The summed E-state index contributed by atoms with van der Waals surface area (Å²) in [5.41, 5.74) is 6.58. The number of fused-ring (bicyclic) bond motifs is 1. The minimum absolute atomic E-state index is 0.968. The van der Waals surface area contributed by atoms with Crippen molar-refractivity contribution < 1.29 is 0 Å². The average molecular weight is 295 g/mol. The maximum absolute atomic E-state index is 4.36. The van der Waals surface area contributed by atoms with Gasteiger partial charge in [0.1, 0.15) is 0 Å². The van der Waals surface area contributed by atoms with Gasteiger partial charge in [-0.25, -0.2) is 4.98 Å². The summed E-state index contributed by atoms with van der Waals surface area (Å²) in [5.74, 6) is 0. The van der Waals surface area contributed by atoms with E-state index in [0.717, 1.165) is 25.9 Å². The zero-order valence-electron chi connectivity index (χ0n) is 11.7. The number of thiophene rings is 1. The van der Waals surface area contributed by atoms with Crippen LogP contribution in [0.15, 0.2) is 47.5 Å². The Labute approximate surface area is 128 Å². The Morgan fingerprint density at radius 1 is 1.29 bits per heavy atom. The lowest BCUT2D eigenvalue weighted by Crippen LogP contribution is -2.02. The van der Waals surface area contributed by atoms with E-state index >= 15 is 0 Å². The summed E-state index contributed by atoms with van der Waals surface area (Å²) in [6.07, 6.45) is 6.08. The third-order valence-corrected chi connectivity index (χ3v) is 4.79. The van der Waals surface area contributed by atoms with Gasteiger partial charge in [0.2, 0.25) is 0 Å². The number of benzene rings is 1. The highest BCUT2D eigenvalue weighted by Gasteiger charge is 2.17. The molecule has 0 amide bonds. The highest BCUT2D eigenvalue weighted by molar-refractivity contribution is 7.07. The molecule has 0 spiro atoms. The van der Waals surface area contributed by atoms with E-state index in [-0.39, 0.29) is 0 Å². The first-order chi connectivity index (χ1) is 10.4. The fourth-order valence-corrected chi connectivity index (χ4v) is 3.66. The first-order valence-corrected chi connectivity index (χ1v) is 8.23. The smallest absolute Gasteiger partial charge is 0.0951 e. The summed E-state index contributed by atoms with van der Waals surface area (Å²) in [6, 6.07) is 8.75. The zero-order chi connectivity index (χ0) is 14.1. The molecule has 3 aromatic rings. The Bertz CT molecular complexity index is 743. The fraction of sp³-hybridized carbons (Fsp3) is 0.235. The number of hydrogen-bond donors (Lipinski definition) is 1. The first-order valence-electron chi connectivity index (χ1n) is 7.29. The van der Waals surface area contributed by atoms with Crippen LogP contribution in [-0.4, -0.2) is 16.1 Å². The van der Waals surface area contributed by atoms with Crippen LogP contribution in [0.3, 0.4) is 0 Å². The van der Waals surface area contributed by atoms with Gasteiger partial charge in [-0.1, -0.05) is 18.2 Å². The van der Waals surface area contributed by atoms with Crippen molar-refractivity contribution in [3.8, 4) is 11.3 Å². The molecule has 3 nitrogen and oxygen atoms in total. The van der Waals surface area contributed by atoms with Crippen molar-refractivity contribution in [2.75, 3.05) is 11.9 Å². The summed E-state index contributed by atoms with van der Waals surface area (Å²) < 4.78 is 2.26. The summed E-state index contributed by atoms with van der Waals surface area (Å²) in [4.78, 5) is 4.36. The summed E-state index contributed by atoms with van der Waals surface area (Å²) >= 11 is 1.76. The molecule has 1 aliphatic rings. The number of hydrogen-bond acceptors (Lipinski definition) is 3. The fourth-order valence-electron chi connectivity index (χ4n) is 2.96. The van der Waals surface area contributed by atoms with E-state index in [2.05, 4.69) is 49.9 Å². The van der Waals surface area contributed by atoms with Gasteiger partial charge in [0.15, 0.2) is 0 Å². The molecule has 1 aliphatic heterocycles. The van der Waals surface area contributed by atoms with Crippen molar-refractivity contribution in [1.29, 1.82) is 0 Å². The number of rotatable bonds is 4. The number of imidazole rings is 1. The molecule has 21 heavy (non-hydrogen) atoms. The highest BCUT2D eigenvalue weighted by Crippen LogP contribution is 2.34. The van der Waals surface area contributed by atoms with E-state index in [0.29, 0.717) is 0 Å². The lowest BCUT2D eigenvalue weighted by Gasteiger charge is -2.12. The summed E-state index contributed by atoms with van der Waals surface area (Å²) in [5, 5.41) is 7.87. The van der Waals surface area contributed by atoms with Gasteiger partial charge in [-0.2, -0.15) is 11.3 Å². The summed E-state index contributed by atoms with van der Waals surface area (Å²) in [7, 11) is 0. The van der Waals surface area contributed by atoms with Gasteiger partial charge >= 0.3 is 0 Å². The molecular formula is C17H17N3S. The van der Waals surface area contributed by atoms with Crippen LogP contribution in [0.1, 0.15) is 11.1 Å². The second kappa shape index (κ2) is 5.37. The third kappa shape index (κ3) is 2.36. The van der Waals surface area contributed by atoms with Crippen LogP contribution in [0.2, 0.25) is 0 Å². The van der Waals surface area contributed by atoms with Crippen molar-refractivity contribution >= 4 is 17.0 Å². The van der Waals surface area contributed by atoms with Crippen LogP contribution < -0.4 is 5.32 Å². The molecule has 4 rings (SSSR count). The van der Waals surface area contributed by atoms with E-state index in [1.807, 2.05) is 12.5 Å². The summed E-state index contributed by atoms with van der Waals surface area (Å²) in [6.45, 7) is 2.01. The van der Waals surface area contributed by atoms with E-state index in [1.165, 1.54) is 28.1 Å². The maximum Gasteiger partial charge on any atom is 0.0951 e. The Morgan fingerprint density at radius 3 is 3.19 bits per heavy atom. The minimum atomic E-state index is 0.968. The minimum Gasteiger partial charge on any atom is -0.384 e. The van der Waals surface area contributed by atoms with E-state index in [1.54, 1.807) is 11.3 Å². The number of para-hydroxylation sites is 1. The standard InChI is InChI=1S/C17H17N3S/c1-2-14-4-7-19-17(14)15(3-1)16-10-18-12-20(16)8-5-13-6-9-21-11-13/h1-3,6,9-12,19H,4-5,7-8H2.